The van der Waals surface area contributed by atoms with E-state index in [0.717, 1.165) is 53.0 Å². The van der Waals surface area contributed by atoms with Gasteiger partial charge in [-0.2, -0.15) is 5.10 Å². The van der Waals surface area contributed by atoms with Gasteiger partial charge in [0.1, 0.15) is 16.9 Å². The Morgan fingerprint density at radius 3 is 2.63 bits per heavy atom. The fourth-order valence-corrected chi connectivity index (χ4v) is 7.47. The molecule has 46 heavy (non-hydrogen) atoms. The van der Waals surface area contributed by atoms with Gasteiger partial charge in [0, 0.05) is 66.5 Å². The summed E-state index contributed by atoms with van der Waals surface area (Å²) in [5, 5.41) is 5.61. The van der Waals surface area contributed by atoms with Crippen molar-refractivity contribution >= 4 is 28.0 Å². The number of carbonyl (C=O) groups is 1. The number of benzene rings is 1. The Morgan fingerprint density at radius 1 is 1.02 bits per heavy atom. The summed E-state index contributed by atoms with van der Waals surface area (Å²) in [5.74, 6) is 2.85. The highest BCUT2D eigenvalue weighted by Gasteiger charge is 2.47. The monoisotopic (exact) mass is 614 g/mol. The zero-order chi connectivity index (χ0) is 30.9. The second-order valence-electron chi connectivity index (χ2n) is 12.8. The van der Waals surface area contributed by atoms with Crippen LogP contribution in [0.1, 0.15) is 41.6 Å². The number of ether oxygens (including phenoxy) is 1. The van der Waals surface area contributed by atoms with Crippen molar-refractivity contribution in [2.24, 2.45) is 17.6 Å². The van der Waals surface area contributed by atoms with Gasteiger partial charge < -0.3 is 24.5 Å². The van der Waals surface area contributed by atoms with Gasteiger partial charge in [0.05, 0.1) is 31.1 Å². The number of amides is 1. The Morgan fingerprint density at radius 2 is 1.87 bits per heavy atom. The molecule has 0 radical (unpaired) electrons. The smallest absolute Gasteiger partial charge is 0.254 e. The maximum absolute atomic E-state index is 13.9. The molecule has 1 aliphatic heterocycles. The average molecular weight is 615 g/mol. The molecule has 5 aromatic heterocycles. The number of nitrogens with zero attached hydrogens (tertiary/aromatic N) is 9. The SMILES string of the molecule is COc1cc(C(=O)N2CC3CCC2[C@@H]3N)cc2nc(-c3cc4cccnc4n3CC3CC3)n(Cc3cnn(-c4ncccn4)c3)c12. The normalized spacial score (nSPS) is 20.7. The van der Waals surface area contributed by atoms with E-state index in [1.807, 2.05) is 41.7 Å². The molecule has 6 aromatic rings. The summed E-state index contributed by atoms with van der Waals surface area (Å²) >= 11 is 0. The summed E-state index contributed by atoms with van der Waals surface area (Å²) in [5.41, 5.74) is 11.4. The average Bonchev–Trinajstić information content (AvgIpc) is 3.40. The van der Waals surface area contributed by atoms with Gasteiger partial charge in [0.25, 0.3) is 5.91 Å². The van der Waals surface area contributed by atoms with Gasteiger partial charge >= 0.3 is 0 Å². The standard InChI is InChI=1S/C34H34N10O2/c1-46-28-14-24(33(45)42-19-23-7-8-26(42)29(23)35)12-25-30(28)43(17-21-15-39-44(18-21)34-37-10-3-11-38-34)32(40-25)27-13-22-4-2-9-36-31(22)41(27)16-20-5-6-20/h2-4,9-15,18,20,23,26,29H,5-8,16-17,19,35H2,1H3/t23?,26?,29-/m1/s1. The van der Waals surface area contributed by atoms with Crippen LogP contribution in [0.2, 0.25) is 0 Å². The molecule has 12 heteroatoms. The summed E-state index contributed by atoms with van der Waals surface area (Å²) in [4.78, 5) is 34.6. The highest BCUT2D eigenvalue weighted by atomic mass is 16.5. The highest BCUT2D eigenvalue weighted by molar-refractivity contribution is 6.00. The fraction of sp³-hybridized carbons (Fsp3) is 0.353. The van der Waals surface area contributed by atoms with Crippen LogP contribution in [0.4, 0.5) is 0 Å². The van der Waals surface area contributed by atoms with Gasteiger partial charge in [-0.25, -0.2) is 24.6 Å². The molecule has 1 saturated heterocycles. The molecule has 3 atom stereocenters. The van der Waals surface area contributed by atoms with Crippen molar-refractivity contribution in [1.82, 2.24) is 43.8 Å². The number of likely N-dealkylation sites (tertiary alicyclic amines) is 1. The van der Waals surface area contributed by atoms with Crippen LogP contribution in [0.5, 0.6) is 5.75 Å². The predicted molar refractivity (Wildman–Crippen MR) is 172 cm³/mol. The van der Waals surface area contributed by atoms with Crippen molar-refractivity contribution in [3.05, 3.63) is 78.5 Å². The molecule has 2 saturated carbocycles. The Kier molecular flexibility index (Phi) is 6.20. The van der Waals surface area contributed by atoms with Crippen LogP contribution < -0.4 is 10.5 Å². The van der Waals surface area contributed by atoms with Crippen molar-refractivity contribution in [2.75, 3.05) is 13.7 Å². The molecule has 12 nitrogen and oxygen atoms in total. The predicted octanol–water partition coefficient (Wildman–Crippen LogP) is 4.06. The lowest BCUT2D eigenvalue weighted by atomic mass is 10.1. The van der Waals surface area contributed by atoms with Crippen LogP contribution in [-0.4, -0.2) is 75.4 Å². The molecular formula is C34H34N10O2. The summed E-state index contributed by atoms with van der Waals surface area (Å²) < 4.78 is 12.2. The molecule has 3 fully saturated rings. The van der Waals surface area contributed by atoms with E-state index in [9.17, 15) is 4.79 Å². The van der Waals surface area contributed by atoms with E-state index in [0.29, 0.717) is 47.7 Å². The number of carbonyl (C=O) groups excluding carboxylic acids is 1. The van der Waals surface area contributed by atoms with E-state index in [4.69, 9.17) is 20.4 Å². The molecule has 2 unspecified atom stereocenters. The zero-order valence-electron chi connectivity index (χ0n) is 25.5. The third-order valence-electron chi connectivity index (χ3n) is 9.94. The lowest BCUT2D eigenvalue weighted by Gasteiger charge is -2.27. The molecular weight excluding hydrogens is 580 g/mol. The number of methoxy groups -OCH3 is 1. The number of pyridine rings is 1. The number of rotatable bonds is 8. The van der Waals surface area contributed by atoms with Gasteiger partial charge in [-0.05, 0) is 73.9 Å². The summed E-state index contributed by atoms with van der Waals surface area (Å²) in [7, 11) is 1.65. The molecule has 2 N–H and O–H groups in total. The number of piperidine rings is 1. The first-order chi connectivity index (χ1) is 22.6. The molecule has 9 rings (SSSR count). The summed E-state index contributed by atoms with van der Waals surface area (Å²) in [6.45, 7) is 2.04. The number of nitrogens with two attached hydrogens (primary N) is 1. The molecule has 2 bridgehead atoms. The van der Waals surface area contributed by atoms with Gasteiger partial charge in [-0.15, -0.1) is 0 Å². The minimum absolute atomic E-state index is 0.0184. The van der Waals surface area contributed by atoms with Crippen molar-refractivity contribution < 1.29 is 9.53 Å². The largest absolute Gasteiger partial charge is 0.494 e. The zero-order valence-corrected chi connectivity index (χ0v) is 25.5. The Balaban J connectivity index is 1.20. The first-order valence-electron chi connectivity index (χ1n) is 16.0. The number of imidazole rings is 1. The van der Waals surface area contributed by atoms with Gasteiger partial charge in [-0.3, -0.25) is 4.79 Å². The Labute approximate surface area is 264 Å². The van der Waals surface area contributed by atoms with E-state index < -0.39 is 0 Å². The number of aromatic nitrogens is 8. The quantitative estimate of drug-likeness (QED) is 0.271. The van der Waals surface area contributed by atoms with Crippen LogP contribution in [0.25, 0.3) is 39.5 Å². The number of fused-ring (bicyclic) bond motifs is 4. The molecule has 0 spiro atoms. The first-order valence-corrected chi connectivity index (χ1v) is 16.0. The second kappa shape index (κ2) is 10.5. The van der Waals surface area contributed by atoms with Gasteiger partial charge in [0.2, 0.25) is 5.95 Å². The van der Waals surface area contributed by atoms with Crippen molar-refractivity contribution in [3.8, 4) is 23.2 Å². The highest BCUT2D eigenvalue weighted by Crippen LogP contribution is 2.40. The summed E-state index contributed by atoms with van der Waals surface area (Å²) in [6, 6.07) is 11.9. The maximum atomic E-state index is 13.9. The Hall–Kier alpha value is -5.10. The van der Waals surface area contributed by atoms with Crippen molar-refractivity contribution in [1.29, 1.82) is 0 Å². The number of hydrogen-bond donors (Lipinski definition) is 1. The number of hydrogen-bond acceptors (Lipinski definition) is 8. The van der Waals surface area contributed by atoms with E-state index >= 15 is 0 Å². The molecule has 6 heterocycles. The van der Waals surface area contributed by atoms with E-state index in [2.05, 4.69) is 36.3 Å². The van der Waals surface area contributed by atoms with Crippen LogP contribution in [0, 0.1) is 11.8 Å². The molecule has 3 aliphatic rings. The topological polar surface area (TPSA) is 135 Å². The summed E-state index contributed by atoms with van der Waals surface area (Å²) in [6.07, 6.45) is 13.5. The van der Waals surface area contributed by atoms with Crippen LogP contribution in [-0.2, 0) is 13.1 Å². The maximum Gasteiger partial charge on any atom is 0.254 e. The minimum Gasteiger partial charge on any atom is -0.494 e. The Bertz CT molecular complexity index is 2110. The first kappa shape index (κ1) is 27.2. The third kappa shape index (κ3) is 4.38. The van der Waals surface area contributed by atoms with Crippen molar-refractivity contribution in [2.45, 2.75) is 50.9 Å². The van der Waals surface area contributed by atoms with Crippen LogP contribution in [0.15, 0.2) is 67.4 Å². The third-order valence-corrected chi connectivity index (χ3v) is 9.94. The molecule has 1 amide bonds. The van der Waals surface area contributed by atoms with E-state index in [-0.39, 0.29) is 18.0 Å². The molecule has 2 aliphatic carbocycles. The second-order valence-corrected chi connectivity index (χ2v) is 12.8. The minimum atomic E-state index is -0.0184. The van der Waals surface area contributed by atoms with Crippen LogP contribution >= 0.6 is 0 Å². The lowest BCUT2D eigenvalue weighted by Crippen LogP contribution is -2.41. The lowest BCUT2D eigenvalue weighted by molar-refractivity contribution is 0.0700. The van der Waals surface area contributed by atoms with Gasteiger partial charge in [0.15, 0.2) is 5.82 Å². The van der Waals surface area contributed by atoms with Crippen molar-refractivity contribution in [3.63, 3.8) is 0 Å². The molecule has 1 aromatic carbocycles. The van der Waals surface area contributed by atoms with Crippen LogP contribution in [0.3, 0.4) is 0 Å². The van der Waals surface area contributed by atoms with Gasteiger partial charge in [-0.1, -0.05) is 0 Å². The van der Waals surface area contributed by atoms with E-state index in [1.54, 1.807) is 30.3 Å². The van der Waals surface area contributed by atoms with E-state index in [1.165, 1.54) is 12.8 Å². The fourth-order valence-electron chi connectivity index (χ4n) is 7.47. The molecule has 232 valence electrons.